The first-order valence-corrected chi connectivity index (χ1v) is 8.92. The van der Waals surface area contributed by atoms with Gasteiger partial charge in [-0.3, -0.25) is 0 Å². The van der Waals surface area contributed by atoms with Crippen molar-refractivity contribution >= 4 is 11.0 Å². The summed E-state index contributed by atoms with van der Waals surface area (Å²) in [5.41, 5.74) is 4.38. The first-order valence-electron chi connectivity index (χ1n) is 8.92. The number of hydrogen-bond donors (Lipinski definition) is 1. The number of hydrogen-bond acceptors (Lipinski definition) is 5. The van der Waals surface area contributed by atoms with E-state index in [0.29, 0.717) is 17.9 Å². The lowest BCUT2D eigenvalue weighted by molar-refractivity contribution is 0.0899. The largest absolute Gasteiger partial charge is 0.491 e. The highest BCUT2D eigenvalue weighted by Crippen LogP contribution is 2.23. The Labute approximate surface area is 162 Å². The quantitative estimate of drug-likeness (QED) is 0.562. The van der Waals surface area contributed by atoms with Crippen LogP contribution in [-0.4, -0.2) is 32.8 Å². The number of fused-ring (bicyclic) bond motifs is 1. The summed E-state index contributed by atoms with van der Waals surface area (Å²) in [7, 11) is 0. The summed E-state index contributed by atoms with van der Waals surface area (Å²) in [6, 6.07) is 24.8. The van der Waals surface area contributed by atoms with E-state index < -0.39 is 6.10 Å². The van der Waals surface area contributed by atoms with Crippen molar-refractivity contribution in [2.24, 2.45) is 0 Å². The van der Waals surface area contributed by atoms with Crippen LogP contribution >= 0.6 is 0 Å². The molecule has 1 N–H and O–H groups in total. The van der Waals surface area contributed by atoms with Crippen molar-refractivity contribution in [2.45, 2.75) is 12.6 Å². The third-order valence-corrected chi connectivity index (χ3v) is 4.45. The lowest BCUT2D eigenvalue weighted by atomic mass is 10.0. The minimum absolute atomic E-state index is 0.157. The van der Waals surface area contributed by atoms with Crippen LogP contribution in [0.1, 0.15) is 5.56 Å². The van der Waals surface area contributed by atoms with Gasteiger partial charge in [-0.2, -0.15) is 5.26 Å². The van der Waals surface area contributed by atoms with Gasteiger partial charge in [-0.15, -0.1) is 5.10 Å². The Kier molecular flexibility index (Phi) is 5.00. The van der Waals surface area contributed by atoms with E-state index >= 15 is 0 Å². The van der Waals surface area contributed by atoms with E-state index in [2.05, 4.69) is 16.4 Å². The van der Waals surface area contributed by atoms with Crippen molar-refractivity contribution in [3.05, 3.63) is 78.4 Å². The molecule has 0 aliphatic carbocycles. The molecule has 0 radical (unpaired) electrons. The van der Waals surface area contributed by atoms with Crippen molar-refractivity contribution in [3.63, 3.8) is 0 Å². The molecule has 1 heterocycles. The molecule has 6 heteroatoms. The lowest BCUT2D eigenvalue weighted by Gasteiger charge is -2.13. The summed E-state index contributed by atoms with van der Waals surface area (Å²) in [5, 5.41) is 27.3. The van der Waals surface area contributed by atoms with Gasteiger partial charge in [0.05, 0.1) is 23.7 Å². The number of aliphatic hydroxyl groups excluding tert-OH is 1. The molecule has 6 nitrogen and oxygen atoms in total. The van der Waals surface area contributed by atoms with Crippen molar-refractivity contribution in [2.75, 3.05) is 6.61 Å². The van der Waals surface area contributed by atoms with Gasteiger partial charge < -0.3 is 9.84 Å². The second-order valence-electron chi connectivity index (χ2n) is 6.44. The number of nitriles is 1. The molecule has 4 aromatic rings. The van der Waals surface area contributed by atoms with Crippen LogP contribution in [0.2, 0.25) is 0 Å². The highest BCUT2D eigenvalue weighted by atomic mass is 16.5. The highest BCUT2D eigenvalue weighted by molar-refractivity contribution is 5.73. The molecule has 0 spiro atoms. The molecule has 28 heavy (non-hydrogen) atoms. The number of benzene rings is 3. The molecule has 0 saturated heterocycles. The van der Waals surface area contributed by atoms with Crippen LogP contribution in [0.4, 0.5) is 0 Å². The van der Waals surface area contributed by atoms with E-state index in [4.69, 9.17) is 10.00 Å². The average molecular weight is 370 g/mol. The molecular weight excluding hydrogens is 352 g/mol. The Morgan fingerprint density at radius 2 is 1.64 bits per heavy atom. The predicted octanol–water partition coefficient (Wildman–Crippen LogP) is 3.41. The zero-order valence-corrected chi connectivity index (χ0v) is 15.1. The number of para-hydroxylation sites is 1. The number of rotatable bonds is 6. The van der Waals surface area contributed by atoms with Crippen LogP contribution < -0.4 is 4.74 Å². The van der Waals surface area contributed by atoms with Gasteiger partial charge in [0.2, 0.25) is 0 Å². The van der Waals surface area contributed by atoms with Crippen molar-refractivity contribution in [1.29, 1.82) is 5.26 Å². The normalized spacial score (nSPS) is 11.9. The standard InChI is InChI=1S/C22H18N4O2/c23-13-16-5-7-17(8-6-16)18-9-11-20(12-10-18)28-15-19(27)14-26-22-4-2-1-3-21(22)24-25-26/h1-12,19,27H,14-15H2/t19-/m1/s1. The third-order valence-electron chi connectivity index (χ3n) is 4.45. The fourth-order valence-electron chi connectivity index (χ4n) is 2.98. The number of aliphatic hydroxyl groups is 1. The number of aromatic nitrogens is 3. The zero-order valence-electron chi connectivity index (χ0n) is 15.1. The molecule has 0 unspecified atom stereocenters. The lowest BCUT2D eigenvalue weighted by Crippen LogP contribution is -2.24. The fraction of sp³-hybridized carbons (Fsp3) is 0.136. The molecule has 0 aliphatic heterocycles. The number of ether oxygens (including phenoxy) is 1. The summed E-state index contributed by atoms with van der Waals surface area (Å²) < 4.78 is 7.38. The van der Waals surface area contributed by atoms with Gasteiger partial charge >= 0.3 is 0 Å². The molecule has 138 valence electrons. The molecule has 0 fully saturated rings. The van der Waals surface area contributed by atoms with E-state index in [9.17, 15) is 5.11 Å². The third kappa shape index (κ3) is 3.85. The van der Waals surface area contributed by atoms with E-state index in [0.717, 1.165) is 22.2 Å². The summed E-state index contributed by atoms with van der Waals surface area (Å²) in [6.07, 6.45) is -0.705. The highest BCUT2D eigenvalue weighted by Gasteiger charge is 2.11. The van der Waals surface area contributed by atoms with E-state index in [1.807, 2.05) is 60.7 Å². The minimum atomic E-state index is -0.705. The first-order chi connectivity index (χ1) is 13.7. The van der Waals surface area contributed by atoms with E-state index in [1.165, 1.54) is 0 Å². The summed E-state index contributed by atoms with van der Waals surface area (Å²) in [6.45, 7) is 0.467. The minimum Gasteiger partial charge on any atom is -0.491 e. The topological polar surface area (TPSA) is 84.0 Å². The monoisotopic (exact) mass is 370 g/mol. The van der Waals surface area contributed by atoms with Crippen molar-refractivity contribution in [1.82, 2.24) is 15.0 Å². The molecular formula is C22H18N4O2. The van der Waals surface area contributed by atoms with Crippen LogP contribution in [0.5, 0.6) is 5.75 Å². The smallest absolute Gasteiger partial charge is 0.119 e. The van der Waals surface area contributed by atoms with Crippen LogP contribution in [0.15, 0.2) is 72.8 Å². The predicted molar refractivity (Wildman–Crippen MR) is 106 cm³/mol. The van der Waals surface area contributed by atoms with Gasteiger partial charge in [0.25, 0.3) is 0 Å². The van der Waals surface area contributed by atoms with Gasteiger partial charge in [-0.25, -0.2) is 4.68 Å². The maximum atomic E-state index is 10.3. The number of nitrogens with zero attached hydrogens (tertiary/aromatic N) is 4. The Morgan fingerprint density at radius 1 is 0.964 bits per heavy atom. The zero-order chi connectivity index (χ0) is 19.3. The molecule has 0 amide bonds. The maximum Gasteiger partial charge on any atom is 0.119 e. The SMILES string of the molecule is N#Cc1ccc(-c2ccc(OC[C@H](O)Cn3nnc4ccccc43)cc2)cc1. The van der Waals surface area contributed by atoms with Gasteiger partial charge in [0.1, 0.15) is 24.0 Å². The first kappa shape index (κ1) is 17.7. The molecule has 3 aromatic carbocycles. The average Bonchev–Trinajstić information content (AvgIpc) is 3.15. The summed E-state index contributed by atoms with van der Waals surface area (Å²) >= 11 is 0. The van der Waals surface area contributed by atoms with Crippen LogP contribution in [0, 0.1) is 11.3 Å². The van der Waals surface area contributed by atoms with Gasteiger partial charge in [-0.1, -0.05) is 41.6 Å². The van der Waals surface area contributed by atoms with Crippen molar-refractivity contribution in [3.8, 4) is 22.9 Å². The van der Waals surface area contributed by atoms with Gasteiger partial charge in [0, 0.05) is 0 Å². The Hall–Kier alpha value is -3.69. The molecule has 1 aromatic heterocycles. The Morgan fingerprint density at radius 3 is 2.36 bits per heavy atom. The maximum absolute atomic E-state index is 10.3. The Balaban J connectivity index is 1.36. The van der Waals surface area contributed by atoms with Gasteiger partial charge in [-0.05, 0) is 47.5 Å². The Bertz CT molecular complexity index is 1110. The second-order valence-corrected chi connectivity index (χ2v) is 6.44. The van der Waals surface area contributed by atoms with Crippen molar-refractivity contribution < 1.29 is 9.84 Å². The van der Waals surface area contributed by atoms with Crippen LogP contribution in [0.3, 0.4) is 0 Å². The summed E-state index contributed by atoms with van der Waals surface area (Å²) in [5.74, 6) is 0.680. The molecule has 0 aliphatic rings. The van der Waals surface area contributed by atoms with Crippen LogP contribution in [0.25, 0.3) is 22.2 Å². The molecule has 1 atom stereocenters. The summed E-state index contributed by atoms with van der Waals surface area (Å²) in [4.78, 5) is 0. The molecule has 0 saturated carbocycles. The van der Waals surface area contributed by atoms with Gasteiger partial charge in [0.15, 0.2) is 0 Å². The molecule has 0 bridgehead atoms. The van der Waals surface area contributed by atoms with E-state index in [1.54, 1.807) is 16.8 Å². The van der Waals surface area contributed by atoms with E-state index in [-0.39, 0.29) is 6.61 Å². The second kappa shape index (κ2) is 7.91. The van der Waals surface area contributed by atoms with Crippen LogP contribution in [-0.2, 0) is 6.54 Å². The fourth-order valence-corrected chi connectivity index (χ4v) is 2.98. The molecule has 4 rings (SSSR count).